The molecule has 0 bridgehead atoms. The largest absolute Gasteiger partial charge is 0.342 e. The van der Waals surface area contributed by atoms with Gasteiger partial charge in [-0.25, -0.2) is 4.90 Å². The van der Waals surface area contributed by atoms with Crippen LogP contribution in [0.5, 0.6) is 0 Å². The van der Waals surface area contributed by atoms with Gasteiger partial charge in [-0.1, -0.05) is 18.2 Å². The fourth-order valence-electron chi connectivity index (χ4n) is 3.31. The molecule has 0 saturated heterocycles. The molecule has 0 N–H and O–H groups in total. The van der Waals surface area contributed by atoms with Crippen molar-refractivity contribution < 1.29 is 23.7 Å². The number of amides is 1. The number of hydrogen-bond donors (Lipinski definition) is 0. The van der Waals surface area contributed by atoms with Crippen molar-refractivity contribution in [1.29, 1.82) is 0 Å². The van der Waals surface area contributed by atoms with E-state index in [1.165, 1.54) is 33.3 Å². The van der Waals surface area contributed by atoms with Gasteiger partial charge in [0, 0.05) is 46.4 Å². The highest BCUT2D eigenvalue weighted by molar-refractivity contribution is 6.11. The normalized spacial score (nSPS) is 16.6. The van der Waals surface area contributed by atoms with E-state index in [4.69, 9.17) is 18.9 Å². The Balaban J connectivity index is 2.38. The van der Waals surface area contributed by atoms with E-state index in [0.29, 0.717) is 11.4 Å². The number of carbonyl (C=O) groups excluding carboxylic acids is 1. The minimum atomic E-state index is -1.52. The fourth-order valence-corrected chi connectivity index (χ4v) is 3.31. The van der Waals surface area contributed by atoms with Gasteiger partial charge < -0.3 is 23.5 Å². The Morgan fingerprint density at radius 1 is 1.04 bits per heavy atom. The molecular formula is C16H20N2O5. The molecule has 1 aliphatic heterocycles. The number of methoxy groups -OCH3 is 4. The molecular weight excluding hydrogens is 300 g/mol. The first-order chi connectivity index (χ1) is 11.1. The summed E-state index contributed by atoms with van der Waals surface area (Å²) in [7, 11) is 7.73. The maximum absolute atomic E-state index is 13.1. The molecule has 3 rings (SSSR count). The number of fused-ring (bicyclic) bond motifs is 3. The maximum Gasteiger partial charge on any atom is 0.297 e. The number of ether oxygens (including phenoxy) is 4. The molecule has 0 radical (unpaired) electrons. The SMILES string of the molecule is COC(OC)N1C(=O)C(OC)(OC)c2c1n(C)c1ccccc21. The molecule has 2 aromatic rings. The van der Waals surface area contributed by atoms with E-state index in [1.807, 2.05) is 35.9 Å². The summed E-state index contributed by atoms with van der Waals surface area (Å²) in [4.78, 5) is 14.5. The zero-order valence-electron chi connectivity index (χ0n) is 13.8. The molecule has 0 saturated carbocycles. The van der Waals surface area contributed by atoms with Crippen molar-refractivity contribution in [1.82, 2.24) is 4.57 Å². The van der Waals surface area contributed by atoms with Crippen LogP contribution in [0.15, 0.2) is 24.3 Å². The van der Waals surface area contributed by atoms with E-state index in [1.54, 1.807) is 0 Å². The topological polar surface area (TPSA) is 62.2 Å². The lowest BCUT2D eigenvalue weighted by Crippen LogP contribution is -2.49. The summed E-state index contributed by atoms with van der Waals surface area (Å²) in [5, 5.41) is 0.885. The highest BCUT2D eigenvalue weighted by Crippen LogP contribution is 2.49. The third-order valence-electron chi connectivity index (χ3n) is 4.32. The number of para-hydroxylation sites is 1. The molecule has 23 heavy (non-hydrogen) atoms. The molecule has 1 aromatic carbocycles. The summed E-state index contributed by atoms with van der Waals surface area (Å²) in [5.41, 5.74) is 1.61. The summed E-state index contributed by atoms with van der Waals surface area (Å²) >= 11 is 0. The molecule has 7 heteroatoms. The van der Waals surface area contributed by atoms with Gasteiger partial charge in [0.1, 0.15) is 5.82 Å². The van der Waals surface area contributed by atoms with Crippen LogP contribution in [0.1, 0.15) is 5.56 Å². The number of carbonyl (C=O) groups is 1. The zero-order chi connectivity index (χ0) is 16.8. The minimum absolute atomic E-state index is 0.387. The Hall–Kier alpha value is -1.93. The number of hydrogen-bond acceptors (Lipinski definition) is 5. The van der Waals surface area contributed by atoms with Crippen LogP contribution < -0.4 is 4.90 Å². The number of anilines is 1. The van der Waals surface area contributed by atoms with Crippen molar-refractivity contribution in [3.05, 3.63) is 29.8 Å². The Bertz CT molecular complexity index is 746. The van der Waals surface area contributed by atoms with E-state index in [9.17, 15) is 4.79 Å². The monoisotopic (exact) mass is 320 g/mol. The van der Waals surface area contributed by atoms with E-state index >= 15 is 0 Å². The number of aromatic nitrogens is 1. The summed E-state index contributed by atoms with van der Waals surface area (Å²) in [6.45, 7) is 0. The van der Waals surface area contributed by atoms with Gasteiger partial charge in [0.25, 0.3) is 11.7 Å². The number of nitrogens with zero attached hydrogens (tertiary/aromatic N) is 2. The van der Waals surface area contributed by atoms with Crippen LogP contribution in [0.25, 0.3) is 10.9 Å². The Kier molecular flexibility index (Phi) is 3.89. The minimum Gasteiger partial charge on any atom is -0.342 e. The van der Waals surface area contributed by atoms with E-state index in [0.717, 1.165) is 10.9 Å². The van der Waals surface area contributed by atoms with Crippen LogP contribution in [0.3, 0.4) is 0 Å². The molecule has 0 unspecified atom stereocenters. The highest BCUT2D eigenvalue weighted by Gasteiger charge is 2.57. The first-order valence-corrected chi connectivity index (χ1v) is 7.14. The second-order valence-corrected chi connectivity index (χ2v) is 5.25. The second kappa shape index (κ2) is 5.61. The van der Waals surface area contributed by atoms with Gasteiger partial charge in [-0.2, -0.15) is 0 Å². The lowest BCUT2D eigenvalue weighted by Gasteiger charge is -2.29. The number of rotatable bonds is 5. The summed E-state index contributed by atoms with van der Waals surface area (Å²) in [6, 6.07) is 7.76. The van der Waals surface area contributed by atoms with E-state index < -0.39 is 12.2 Å². The highest BCUT2D eigenvalue weighted by atomic mass is 16.7. The van der Waals surface area contributed by atoms with E-state index in [2.05, 4.69) is 0 Å². The van der Waals surface area contributed by atoms with Crippen molar-refractivity contribution in [3.8, 4) is 0 Å². The third-order valence-corrected chi connectivity index (χ3v) is 4.32. The molecule has 1 aromatic heterocycles. The fraction of sp³-hybridized carbons (Fsp3) is 0.438. The standard InChI is InChI=1S/C16H20N2O5/c1-17-11-9-7-6-8-10(11)12-13(17)18(15(20-2)21-3)14(19)16(12,22-4)23-5/h6-9,15H,1-5H3. The average molecular weight is 320 g/mol. The van der Waals surface area contributed by atoms with Gasteiger partial charge in [-0.3, -0.25) is 4.79 Å². The number of aryl methyl sites for hydroxylation is 1. The molecule has 1 aliphatic rings. The van der Waals surface area contributed by atoms with Gasteiger partial charge in [-0.15, -0.1) is 0 Å². The molecule has 124 valence electrons. The Labute approximate surface area is 134 Å². The van der Waals surface area contributed by atoms with Crippen LogP contribution in [0.4, 0.5) is 5.82 Å². The summed E-state index contributed by atoms with van der Waals surface area (Å²) < 4.78 is 23.6. The smallest absolute Gasteiger partial charge is 0.297 e. The summed E-state index contributed by atoms with van der Waals surface area (Å²) in [5.74, 6) is -1.28. The Morgan fingerprint density at radius 3 is 2.22 bits per heavy atom. The zero-order valence-corrected chi connectivity index (χ0v) is 13.8. The molecule has 0 atom stereocenters. The second-order valence-electron chi connectivity index (χ2n) is 5.25. The lowest BCUT2D eigenvalue weighted by atomic mass is 10.1. The van der Waals surface area contributed by atoms with Crippen LogP contribution >= 0.6 is 0 Å². The average Bonchev–Trinajstić information content (AvgIpc) is 3.01. The van der Waals surface area contributed by atoms with Crippen LogP contribution in [-0.4, -0.2) is 45.3 Å². The van der Waals surface area contributed by atoms with Gasteiger partial charge in [-0.05, 0) is 6.07 Å². The van der Waals surface area contributed by atoms with Gasteiger partial charge in [0.15, 0.2) is 0 Å². The molecule has 7 nitrogen and oxygen atoms in total. The first kappa shape index (κ1) is 15.9. The predicted molar refractivity (Wildman–Crippen MR) is 83.9 cm³/mol. The van der Waals surface area contributed by atoms with Crippen LogP contribution in [0.2, 0.25) is 0 Å². The lowest BCUT2D eigenvalue weighted by molar-refractivity contribution is -0.213. The van der Waals surface area contributed by atoms with Crippen molar-refractivity contribution >= 4 is 22.6 Å². The van der Waals surface area contributed by atoms with Crippen LogP contribution in [0, 0.1) is 0 Å². The molecule has 0 spiro atoms. The van der Waals surface area contributed by atoms with Crippen molar-refractivity contribution in [2.45, 2.75) is 12.2 Å². The first-order valence-electron chi connectivity index (χ1n) is 7.14. The predicted octanol–water partition coefficient (Wildman–Crippen LogP) is 1.55. The van der Waals surface area contributed by atoms with Crippen molar-refractivity contribution in [2.24, 2.45) is 7.05 Å². The van der Waals surface area contributed by atoms with Gasteiger partial charge in [0.2, 0.25) is 6.41 Å². The molecule has 0 fully saturated rings. The maximum atomic E-state index is 13.1. The summed E-state index contributed by atoms with van der Waals surface area (Å²) in [6.07, 6.45) is -0.878. The van der Waals surface area contributed by atoms with Crippen LogP contribution in [-0.2, 0) is 36.6 Å². The van der Waals surface area contributed by atoms with Crippen molar-refractivity contribution in [3.63, 3.8) is 0 Å². The van der Waals surface area contributed by atoms with Crippen molar-refractivity contribution in [2.75, 3.05) is 33.3 Å². The molecule has 1 amide bonds. The third kappa shape index (κ3) is 1.88. The van der Waals surface area contributed by atoms with Gasteiger partial charge in [0.05, 0.1) is 5.56 Å². The Morgan fingerprint density at radius 2 is 1.65 bits per heavy atom. The quantitative estimate of drug-likeness (QED) is 0.782. The van der Waals surface area contributed by atoms with E-state index in [-0.39, 0.29) is 5.91 Å². The molecule has 2 heterocycles. The van der Waals surface area contributed by atoms with Gasteiger partial charge >= 0.3 is 0 Å². The number of benzene rings is 1. The molecule has 0 aliphatic carbocycles.